The van der Waals surface area contributed by atoms with E-state index in [-0.39, 0.29) is 11.9 Å². The van der Waals surface area contributed by atoms with Crippen molar-refractivity contribution in [2.24, 2.45) is 5.73 Å². The number of nitrogens with one attached hydrogen (secondary N) is 1. The maximum absolute atomic E-state index is 12.4. The van der Waals surface area contributed by atoms with E-state index in [0.717, 1.165) is 78.7 Å². The van der Waals surface area contributed by atoms with Crippen molar-refractivity contribution >= 4 is 18.1 Å². The van der Waals surface area contributed by atoms with Crippen LogP contribution in [0.5, 0.6) is 23.3 Å². The molecule has 5 aromatic rings. The van der Waals surface area contributed by atoms with Crippen molar-refractivity contribution in [3.8, 4) is 23.3 Å². The van der Waals surface area contributed by atoms with E-state index < -0.39 is 0 Å². The van der Waals surface area contributed by atoms with E-state index in [1.165, 1.54) is 30.0 Å². The number of amides is 1. The molecule has 266 valence electrons. The van der Waals surface area contributed by atoms with Crippen molar-refractivity contribution in [1.29, 1.82) is 0 Å². The molecule has 52 heavy (non-hydrogen) atoms. The van der Waals surface area contributed by atoms with Crippen LogP contribution in [-0.4, -0.2) is 37.9 Å². The standard InChI is InChI=1S/C24H24N4O2.C19H22N2O/c1-17-8-9-23(27-15-17)30-21-7-3-5-19(14-21)12-18-4-2-6-20(13-18)28-24(29)22-16-25-10-11-26-22;1-14-8-9-19(21-13-14)22-18-7-3-5-16(12-18)10-15-4-2-6-17(20)11-15/h3,5,7-12,14-16,20H,2,4,6,13H2,1H3,(H,28,29);3,5,7-10,12-13,17H,2,4,6,11,20H2,1H3/b18-12+;15-10+. The number of carbonyl (C=O) groups is 1. The van der Waals surface area contributed by atoms with Gasteiger partial charge in [0.2, 0.25) is 11.8 Å². The van der Waals surface area contributed by atoms with Gasteiger partial charge in [0.1, 0.15) is 17.2 Å². The number of hydrogen-bond donors (Lipinski definition) is 2. The minimum absolute atomic E-state index is 0.107. The number of ether oxygens (including phenoxy) is 2. The summed E-state index contributed by atoms with van der Waals surface area (Å²) in [6.07, 6.45) is 21.0. The number of rotatable bonds is 8. The smallest absolute Gasteiger partial charge is 0.271 e. The van der Waals surface area contributed by atoms with Crippen molar-refractivity contribution in [3.63, 3.8) is 0 Å². The summed E-state index contributed by atoms with van der Waals surface area (Å²) in [6.45, 7) is 4.01. The van der Waals surface area contributed by atoms with Gasteiger partial charge >= 0.3 is 0 Å². The fourth-order valence-electron chi connectivity index (χ4n) is 6.37. The predicted octanol–water partition coefficient (Wildman–Crippen LogP) is 9.20. The van der Waals surface area contributed by atoms with Gasteiger partial charge in [0.15, 0.2) is 0 Å². The molecule has 9 nitrogen and oxygen atoms in total. The van der Waals surface area contributed by atoms with Gasteiger partial charge in [-0.05, 0) is 112 Å². The van der Waals surface area contributed by atoms with Gasteiger partial charge in [-0.3, -0.25) is 9.78 Å². The molecule has 2 aromatic carbocycles. The minimum Gasteiger partial charge on any atom is -0.439 e. The average molecular weight is 695 g/mol. The van der Waals surface area contributed by atoms with E-state index >= 15 is 0 Å². The Hall–Kier alpha value is -5.67. The average Bonchev–Trinajstić information content (AvgIpc) is 3.15. The van der Waals surface area contributed by atoms with Crippen LogP contribution in [0.25, 0.3) is 12.2 Å². The largest absolute Gasteiger partial charge is 0.439 e. The van der Waals surface area contributed by atoms with Gasteiger partial charge in [-0.2, -0.15) is 0 Å². The summed E-state index contributed by atoms with van der Waals surface area (Å²) in [7, 11) is 0. The number of aromatic nitrogens is 4. The van der Waals surface area contributed by atoms with Crippen LogP contribution in [0.15, 0.2) is 115 Å². The lowest BCUT2D eigenvalue weighted by Gasteiger charge is -2.25. The van der Waals surface area contributed by atoms with Crippen LogP contribution in [0, 0.1) is 13.8 Å². The lowest BCUT2D eigenvalue weighted by atomic mass is 9.89. The van der Waals surface area contributed by atoms with Crippen molar-refractivity contribution in [2.75, 3.05) is 0 Å². The van der Waals surface area contributed by atoms with Gasteiger partial charge in [0.05, 0.1) is 6.20 Å². The first-order chi connectivity index (χ1) is 25.3. The molecule has 3 N–H and O–H groups in total. The second-order valence-electron chi connectivity index (χ2n) is 13.5. The Labute approximate surface area is 306 Å². The van der Waals surface area contributed by atoms with Crippen molar-refractivity contribution < 1.29 is 14.3 Å². The SMILES string of the molecule is Cc1ccc(Oc2cccc(/C=C3\CCCC(N)C3)c2)nc1.Cc1ccc(Oc2cccc(/C=C3\CCCC(NC(=O)c4cnccn4)C3)c2)nc1. The molecule has 3 heterocycles. The molecule has 2 atom stereocenters. The second-order valence-corrected chi connectivity index (χ2v) is 13.5. The number of nitrogens with two attached hydrogens (primary N) is 1. The molecule has 0 saturated heterocycles. The molecule has 0 bridgehead atoms. The summed E-state index contributed by atoms with van der Waals surface area (Å²) in [4.78, 5) is 29.0. The van der Waals surface area contributed by atoms with Gasteiger partial charge < -0.3 is 20.5 Å². The Balaban J connectivity index is 0.000000187. The molecule has 7 rings (SSSR count). The van der Waals surface area contributed by atoms with Crippen LogP contribution in [0.4, 0.5) is 0 Å². The second kappa shape index (κ2) is 18.0. The molecule has 2 fully saturated rings. The molecular weight excluding hydrogens is 649 g/mol. The predicted molar refractivity (Wildman–Crippen MR) is 205 cm³/mol. The Morgan fingerprint density at radius 1 is 0.731 bits per heavy atom. The number of hydrogen-bond acceptors (Lipinski definition) is 8. The van der Waals surface area contributed by atoms with Crippen molar-refractivity contribution in [3.05, 3.63) is 143 Å². The molecular formula is C43H46N6O3. The zero-order valence-electron chi connectivity index (χ0n) is 29.9. The lowest BCUT2D eigenvalue weighted by Crippen LogP contribution is -2.37. The monoisotopic (exact) mass is 694 g/mol. The molecule has 2 saturated carbocycles. The number of nitrogens with zero attached hydrogens (tertiary/aromatic N) is 4. The van der Waals surface area contributed by atoms with Crippen molar-refractivity contribution in [1.82, 2.24) is 25.3 Å². The summed E-state index contributed by atoms with van der Waals surface area (Å²) in [5, 5.41) is 3.08. The summed E-state index contributed by atoms with van der Waals surface area (Å²) >= 11 is 0. The molecule has 2 unspecified atom stereocenters. The molecule has 0 radical (unpaired) electrons. The van der Waals surface area contributed by atoms with E-state index in [1.807, 2.05) is 74.6 Å². The fraction of sp³-hybridized carbons (Fsp3) is 0.279. The molecule has 0 aliphatic heterocycles. The third-order valence-electron chi connectivity index (χ3n) is 8.96. The molecule has 1 amide bonds. The highest BCUT2D eigenvalue weighted by Crippen LogP contribution is 2.29. The lowest BCUT2D eigenvalue weighted by molar-refractivity contribution is 0.0926. The highest BCUT2D eigenvalue weighted by molar-refractivity contribution is 5.92. The van der Waals surface area contributed by atoms with E-state index in [2.05, 4.69) is 55.6 Å². The number of carbonyl (C=O) groups excluding carboxylic acids is 1. The first-order valence-corrected chi connectivity index (χ1v) is 18.0. The molecule has 0 spiro atoms. The first kappa shape index (κ1) is 36.1. The quantitative estimate of drug-likeness (QED) is 0.165. The Bertz CT molecular complexity index is 1980. The maximum Gasteiger partial charge on any atom is 0.271 e. The summed E-state index contributed by atoms with van der Waals surface area (Å²) < 4.78 is 11.7. The number of aryl methyl sites for hydroxylation is 2. The highest BCUT2D eigenvalue weighted by Gasteiger charge is 2.20. The van der Waals surface area contributed by atoms with E-state index in [0.29, 0.717) is 23.5 Å². The van der Waals surface area contributed by atoms with Gasteiger partial charge in [0, 0.05) is 49.0 Å². The van der Waals surface area contributed by atoms with Gasteiger partial charge in [0.25, 0.3) is 5.91 Å². The van der Waals surface area contributed by atoms with Crippen LogP contribution in [0.1, 0.15) is 84.1 Å². The van der Waals surface area contributed by atoms with E-state index in [1.54, 1.807) is 12.4 Å². The summed E-state index contributed by atoms with van der Waals surface area (Å²) in [5.41, 5.74) is 13.6. The topological polar surface area (TPSA) is 125 Å². The molecule has 2 aliphatic rings. The zero-order valence-corrected chi connectivity index (χ0v) is 29.9. The van der Waals surface area contributed by atoms with Crippen LogP contribution in [0.2, 0.25) is 0 Å². The summed E-state index contributed by atoms with van der Waals surface area (Å²) in [6, 6.07) is 24.2. The van der Waals surface area contributed by atoms with E-state index in [4.69, 9.17) is 15.2 Å². The Morgan fingerprint density at radius 2 is 1.33 bits per heavy atom. The minimum atomic E-state index is -0.171. The normalized spacial score (nSPS) is 18.6. The maximum atomic E-state index is 12.4. The van der Waals surface area contributed by atoms with E-state index in [9.17, 15) is 4.79 Å². The van der Waals surface area contributed by atoms with Gasteiger partial charge in [-0.1, -0.05) is 59.7 Å². The van der Waals surface area contributed by atoms with Crippen LogP contribution < -0.4 is 20.5 Å². The van der Waals surface area contributed by atoms with Gasteiger partial charge in [-0.25, -0.2) is 15.0 Å². The van der Waals surface area contributed by atoms with Gasteiger partial charge in [-0.15, -0.1) is 0 Å². The molecule has 9 heteroatoms. The third-order valence-corrected chi connectivity index (χ3v) is 8.96. The number of pyridine rings is 2. The highest BCUT2D eigenvalue weighted by atomic mass is 16.5. The van der Waals surface area contributed by atoms with Crippen LogP contribution >= 0.6 is 0 Å². The number of benzene rings is 2. The molecule has 3 aromatic heterocycles. The van der Waals surface area contributed by atoms with Crippen LogP contribution in [0.3, 0.4) is 0 Å². The third kappa shape index (κ3) is 11.2. The zero-order chi connectivity index (χ0) is 36.1. The Kier molecular flexibility index (Phi) is 12.5. The summed E-state index contributed by atoms with van der Waals surface area (Å²) in [5.74, 6) is 2.59. The van der Waals surface area contributed by atoms with Crippen molar-refractivity contribution in [2.45, 2.75) is 77.3 Å². The van der Waals surface area contributed by atoms with Crippen LogP contribution in [-0.2, 0) is 0 Å². The Morgan fingerprint density at radius 3 is 1.87 bits per heavy atom. The first-order valence-electron chi connectivity index (χ1n) is 18.0. The molecule has 2 aliphatic carbocycles. The fourth-order valence-corrected chi connectivity index (χ4v) is 6.37.